The fraction of sp³-hybridized carbons (Fsp3) is 0.318. The van der Waals surface area contributed by atoms with Gasteiger partial charge < -0.3 is 14.2 Å². The number of carbonyl (C=O) groups excluding carboxylic acids is 1. The molecule has 1 aromatic heterocycles. The van der Waals surface area contributed by atoms with Crippen LogP contribution in [0.3, 0.4) is 0 Å². The maximum atomic E-state index is 12.6. The highest BCUT2D eigenvalue weighted by Crippen LogP contribution is 2.22. The lowest BCUT2D eigenvalue weighted by Gasteiger charge is -2.19. The maximum absolute atomic E-state index is 12.6. The Morgan fingerprint density at radius 3 is 2.61 bits per heavy atom. The summed E-state index contributed by atoms with van der Waals surface area (Å²) in [5.41, 5.74) is 3.96. The smallest absolute Gasteiger partial charge is 0.227 e. The summed E-state index contributed by atoms with van der Waals surface area (Å²) in [5, 5.41) is 4.02. The second kappa shape index (κ2) is 8.69. The van der Waals surface area contributed by atoms with Gasteiger partial charge in [-0.25, -0.2) is 0 Å². The average molecular weight is 379 g/mol. The van der Waals surface area contributed by atoms with E-state index in [9.17, 15) is 4.79 Å². The van der Waals surface area contributed by atoms with Crippen LogP contribution in [0.2, 0.25) is 0 Å². The fourth-order valence-electron chi connectivity index (χ4n) is 2.94. The molecule has 146 valence electrons. The normalized spacial score (nSPS) is 10.7. The Morgan fingerprint density at radius 1 is 1.14 bits per heavy atom. The van der Waals surface area contributed by atoms with E-state index < -0.39 is 0 Å². The van der Waals surface area contributed by atoms with Crippen molar-refractivity contribution in [2.45, 2.75) is 33.6 Å². The number of ether oxygens (including phenoxy) is 1. The van der Waals surface area contributed by atoms with E-state index in [-0.39, 0.29) is 5.91 Å². The van der Waals surface area contributed by atoms with Crippen LogP contribution in [0.4, 0.5) is 5.69 Å². The van der Waals surface area contributed by atoms with E-state index in [1.54, 1.807) is 11.9 Å². The van der Waals surface area contributed by atoms with E-state index >= 15 is 0 Å². The van der Waals surface area contributed by atoms with Crippen LogP contribution >= 0.6 is 0 Å². The Morgan fingerprint density at radius 2 is 1.89 bits per heavy atom. The first-order chi connectivity index (χ1) is 13.5. The van der Waals surface area contributed by atoms with E-state index in [0.29, 0.717) is 31.2 Å². The minimum absolute atomic E-state index is 0.00881. The molecule has 6 heteroatoms. The molecule has 0 aliphatic heterocycles. The number of anilines is 1. The topological polar surface area (TPSA) is 68.5 Å². The molecular weight excluding hydrogens is 354 g/mol. The van der Waals surface area contributed by atoms with Crippen molar-refractivity contribution in [3.05, 3.63) is 59.5 Å². The van der Waals surface area contributed by atoms with Crippen LogP contribution < -0.4 is 9.64 Å². The van der Waals surface area contributed by atoms with Crippen LogP contribution in [-0.2, 0) is 11.2 Å². The van der Waals surface area contributed by atoms with Gasteiger partial charge in [0.05, 0.1) is 6.61 Å². The first kappa shape index (κ1) is 19.6. The van der Waals surface area contributed by atoms with E-state index in [0.717, 1.165) is 28.1 Å². The Hall–Kier alpha value is -3.15. The molecule has 0 atom stereocenters. The lowest BCUT2D eigenvalue weighted by Crippen LogP contribution is -2.27. The first-order valence-electron chi connectivity index (χ1n) is 9.37. The van der Waals surface area contributed by atoms with Gasteiger partial charge in [-0.1, -0.05) is 17.3 Å². The van der Waals surface area contributed by atoms with E-state index in [4.69, 9.17) is 9.26 Å². The summed E-state index contributed by atoms with van der Waals surface area (Å²) in [7, 11) is 1.79. The largest absolute Gasteiger partial charge is 0.494 e. The average Bonchev–Trinajstić information content (AvgIpc) is 3.17. The lowest BCUT2D eigenvalue weighted by atomic mass is 10.1. The van der Waals surface area contributed by atoms with Gasteiger partial charge in [-0.3, -0.25) is 4.79 Å². The number of aromatic nitrogens is 2. The molecule has 0 bridgehead atoms. The molecule has 0 saturated carbocycles. The summed E-state index contributed by atoms with van der Waals surface area (Å²) in [6.07, 6.45) is 0.701. The molecule has 3 aromatic rings. The van der Waals surface area contributed by atoms with Crippen molar-refractivity contribution >= 4 is 11.6 Å². The molecule has 0 fully saturated rings. The van der Waals surface area contributed by atoms with Crippen molar-refractivity contribution in [2.75, 3.05) is 18.6 Å². The fourth-order valence-corrected chi connectivity index (χ4v) is 2.94. The molecule has 2 aromatic carbocycles. The highest BCUT2D eigenvalue weighted by atomic mass is 16.5. The van der Waals surface area contributed by atoms with Gasteiger partial charge in [-0.05, 0) is 62.2 Å². The van der Waals surface area contributed by atoms with Crippen LogP contribution in [0.15, 0.2) is 47.0 Å². The third kappa shape index (κ3) is 4.57. The number of benzene rings is 2. The zero-order valence-electron chi connectivity index (χ0n) is 16.7. The summed E-state index contributed by atoms with van der Waals surface area (Å²) in [6.45, 7) is 6.58. The SMILES string of the molecule is CCOc1ccc(-c2noc(CCC(=O)N(C)c3cc(C)ccc3C)n2)cc1. The van der Waals surface area contributed by atoms with Gasteiger partial charge in [0.1, 0.15) is 5.75 Å². The molecule has 0 spiro atoms. The summed E-state index contributed by atoms with van der Waals surface area (Å²) in [6, 6.07) is 13.6. The van der Waals surface area contributed by atoms with Crippen LogP contribution in [0, 0.1) is 13.8 Å². The maximum Gasteiger partial charge on any atom is 0.227 e. The second-order valence-electron chi connectivity index (χ2n) is 6.71. The Kier molecular flexibility index (Phi) is 6.09. The van der Waals surface area contributed by atoms with Gasteiger partial charge >= 0.3 is 0 Å². The molecule has 1 heterocycles. The Bertz CT molecular complexity index is 948. The van der Waals surface area contributed by atoms with Gasteiger partial charge in [0.2, 0.25) is 17.6 Å². The summed E-state index contributed by atoms with van der Waals surface area (Å²) in [5.74, 6) is 1.77. The Labute approximate surface area is 165 Å². The van der Waals surface area contributed by atoms with Gasteiger partial charge in [-0.2, -0.15) is 4.98 Å². The second-order valence-corrected chi connectivity index (χ2v) is 6.71. The monoisotopic (exact) mass is 379 g/mol. The van der Waals surface area contributed by atoms with Crippen LogP contribution in [0.5, 0.6) is 5.75 Å². The summed E-state index contributed by atoms with van der Waals surface area (Å²) >= 11 is 0. The third-order valence-electron chi connectivity index (χ3n) is 4.54. The van der Waals surface area contributed by atoms with E-state index in [2.05, 4.69) is 10.1 Å². The number of carbonyl (C=O) groups is 1. The number of amides is 1. The molecular formula is C22H25N3O3. The molecule has 1 amide bonds. The van der Waals surface area contributed by atoms with E-state index in [1.807, 2.05) is 63.2 Å². The molecule has 0 aliphatic carbocycles. The molecule has 28 heavy (non-hydrogen) atoms. The van der Waals surface area contributed by atoms with Crippen molar-refractivity contribution in [2.24, 2.45) is 0 Å². The number of rotatable bonds is 7. The van der Waals surface area contributed by atoms with Crippen molar-refractivity contribution in [1.29, 1.82) is 0 Å². The minimum Gasteiger partial charge on any atom is -0.494 e. The molecule has 0 radical (unpaired) electrons. The first-order valence-corrected chi connectivity index (χ1v) is 9.37. The number of nitrogens with zero attached hydrogens (tertiary/aromatic N) is 3. The molecule has 0 unspecified atom stereocenters. The number of hydrogen-bond acceptors (Lipinski definition) is 5. The summed E-state index contributed by atoms with van der Waals surface area (Å²) < 4.78 is 10.7. The predicted octanol–water partition coefficient (Wildman–Crippen LogP) is 4.35. The highest BCUT2D eigenvalue weighted by molar-refractivity contribution is 5.93. The highest BCUT2D eigenvalue weighted by Gasteiger charge is 2.16. The molecule has 0 N–H and O–H groups in total. The molecule has 0 saturated heterocycles. The van der Waals surface area contributed by atoms with Crippen molar-refractivity contribution in [1.82, 2.24) is 10.1 Å². The van der Waals surface area contributed by atoms with Crippen LogP contribution in [-0.4, -0.2) is 29.7 Å². The Balaban J connectivity index is 1.62. The van der Waals surface area contributed by atoms with Crippen LogP contribution in [0.1, 0.15) is 30.4 Å². The minimum atomic E-state index is 0.00881. The van der Waals surface area contributed by atoms with Gasteiger partial charge in [0, 0.05) is 31.1 Å². The van der Waals surface area contributed by atoms with Crippen molar-refractivity contribution < 1.29 is 14.1 Å². The molecule has 0 aliphatic rings. The van der Waals surface area contributed by atoms with Gasteiger partial charge in [-0.15, -0.1) is 0 Å². The number of aryl methyl sites for hydroxylation is 3. The zero-order valence-corrected chi connectivity index (χ0v) is 16.7. The summed E-state index contributed by atoms with van der Waals surface area (Å²) in [4.78, 5) is 18.7. The molecule has 3 rings (SSSR count). The van der Waals surface area contributed by atoms with Gasteiger partial charge in [0.25, 0.3) is 0 Å². The van der Waals surface area contributed by atoms with Crippen molar-refractivity contribution in [3.63, 3.8) is 0 Å². The zero-order chi connectivity index (χ0) is 20.1. The predicted molar refractivity (Wildman–Crippen MR) is 109 cm³/mol. The van der Waals surface area contributed by atoms with Crippen LogP contribution in [0.25, 0.3) is 11.4 Å². The van der Waals surface area contributed by atoms with Crippen molar-refractivity contribution in [3.8, 4) is 17.1 Å². The van der Waals surface area contributed by atoms with E-state index in [1.165, 1.54) is 0 Å². The standard InChI is InChI=1S/C22H25N3O3/c1-5-27-18-10-8-17(9-11-18)22-23-20(28-24-22)12-13-21(26)25(4)19-14-15(2)6-7-16(19)3/h6-11,14H,5,12-13H2,1-4H3. The molecule has 6 nitrogen and oxygen atoms in total. The lowest BCUT2D eigenvalue weighted by molar-refractivity contribution is -0.118. The van der Waals surface area contributed by atoms with Gasteiger partial charge in [0.15, 0.2) is 0 Å². The quantitative estimate of drug-likeness (QED) is 0.610. The number of hydrogen-bond donors (Lipinski definition) is 0. The third-order valence-corrected chi connectivity index (χ3v) is 4.54.